The molecule has 7 heteroatoms. The van der Waals surface area contributed by atoms with Gasteiger partial charge in [0.15, 0.2) is 11.6 Å². The van der Waals surface area contributed by atoms with E-state index in [1.165, 1.54) is 17.2 Å². The number of rotatable bonds is 3. The van der Waals surface area contributed by atoms with Crippen molar-refractivity contribution in [3.05, 3.63) is 101 Å². The van der Waals surface area contributed by atoms with Gasteiger partial charge in [0.2, 0.25) is 0 Å². The number of benzene rings is 3. The molecular formula is C27H25F2N3O2. The van der Waals surface area contributed by atoms with Crippen LogP contribution < -0.4 is 4.90 Å². The number of hydrogen-bond acceptors (Lipinski definition) is 3. The molecule has 1 fully saturated rings. The predicted molar refractivity (Wildman–Crippen MR) is 126 cm³/mol. The highest BCUT2D eigenvalue weighted by Crippen LogP contribution is 2.25. The van der Waals surface area contributed by atoms with Gasteiger partial charge in [-0.15, -0.1) is 0 Å². The number of hydrogen-bond donors (Lipinski definition) is 0. The van der Waals surface area contributed by atoms with Crippen molar-refractivity contribution in [3.8, 4) is 0 Å². The fourth-order valence-electron chi connectivity index (χ4n) is 4.64. The average Bonchev–Trinajstić information content (AvgIpc) is 2.89. The summed E-state index contributed by atoms with van der Waals surface area (Å²) in [6.45, 7) is 3.26. The second kappa shape index (κ2) is 9.25. The number of fused-ring (bicyclic) bond motifs is 1. The zero-order valence-electron chi connectivity index (χ0n) is 18.7. The summed E-state index contributed by atoms with van der Waals surface area (Å²) >= 11 is 0. The van der Waals surface area contributed by atoms with Crippen molar-refractivity contribution in [2.75, 3.05) is 37.6 Å². The van der Waals surface area contributed by atoms with Gasteiger partial charge in [-0.2, -0.15) is 0 Å². The second-order valence-electron chi connectivity index (χ2n) is 8.70. The molecule has 0 radical (unpaired) electrons. The molecule has 2 aliphatic heterocycles. The minimum atomic E-state index is -1.04. The molecule has 0 spiro atoms. The lowest BCUT2D eigenvalue weighted by Gasteiger charge is -2.35. The predicted octanol–water partition coefficient (Wildman–Crippen LogP) is 4.13. The first kappa shape index (κ1) is 22.1. The summed E-state index contributed by atoms with van der Waals surface area (Å²) in [5.74, 6) is -2.46. The fourth-order valence-corrected chi connectivity index (χ4v) is 4.64. The zero-order valence-corrected chi connectivity index (χ0v) is 18.7. The highest BCUT2D eigenvalue weighted by atomic mass is 19.2. The molecule has 0 bridgehead atoms. The third-order valence-corrected chi connectivity index (χ3v) is 6.63. The van der Waals surface area contributed by atoms with E-state index in [-0.39, 0.29) is 17.4 Å². The van der Waals surface area contributed by atoms with Gasteiger partial charge in [0.05, 0.1) is 0 Å². The normalized spacial score (nSPS) is 15.8. The number of amides is 2. The van der Waals surface area contributed by atoms with Gasteiger partial charge in [-0.05, 0) is 60.0 Å². The van der Waals surface area contributed by atoms with E-state index in [0.717, 1.165) is 37.3 Å². The third kappa shape index (κ3) is 4.38. The Hall–Kier alpha value is -3.74. The number of nitrogens with zero attached hydrogens (tertiary/aromatic N) is 3. The van der Waals surface area contributed by atoms with Gasteiger partial charge < -0.3 is 14.7 Å². The molecule has 174 valence electrons. The van der Waals surface area contributed by atoms with Gasteiger partial charge >= 0.3 is 0 Å². The Kier molecular flexibility index (Phi) is 6.01. The molecule has 0 N–H and O–H groups in total. The molecule has 2 amide bonds. The summed E-state index contributed by atoms with van der Waals surface area (Å²) in [5, 5.41) is 0. The topological polar surface area (TPSA) is 43.9 Å². The van der Waals surface area contributed by atoms with Crippen molar-refractivity contribution in [1.29, 1.82) is 0 Å². The summed E-state index contributed by atoms with van der Waals surface area (Å²) in [6.07, 6.45) is 1.00. The SMILES string of the molecule is O=C(c1ccc(N2CCc3ccccc3C2)cc1)N1CCN(C(=O)c2ccc(F)c(F)c2)CC1. The summed E-state index contributed by atoms with van der Waals surface area (Å²) in [7, 11) is 0. The van der Waals surface area contributed by atoms with E-state index in [9.17, 15) is 18.4 Å². The number of halogens is 2. The van der Waals surface area contributed by atoms with Gasteiger partial charge in [0.25, 0.3) is 11.8 Å². The lowest BCUT2D eigenvalue weighted by molar-refractivity contribution is 0.0535. The Labute approximate surface area is 197 Å². The smallest absolute Gasteiger partial charge is 0.254 e. The van der Waals surface area contributed by atoms with Crippen LogP contribution in [0.3, 0.4) is 0 Å². The molecule has 2 aliphatic rings. The molecule has 1 saturated heterocycles. The zero-order chi connectivity index (χ0) is 23.7. The number of carbonyl (C=O) groups excluding carboxylic acids is 2. The summed E-state index contributed by atoms with van der Waals surface area (Å²) < 4.78 is 26.6. The minimum Gasteiger partial charge on any atom is -0.367 e. The quantitative estimate of drug-likeness (QED) is 0.589. The molecule has 0 aromatic heterocycles. The van der Waals surface area contributed by atoms with Gasteiger partial charge in [-0.25, -0.2) is 8.78 Å². The number of anilines is 1. The van der Waals surface area contributed by atoms with Gasteiger partial charge in [-0.1, -0.05) is 24.3 Å². The molecule has 5 nitrogen and oxygen atoms in total. The van der Waals surface area contributed by atoms with E-state index in [1.807, 2.05) is 24.3 Å². The first-order chi connectivity index (χ1) is 16.5. The van der Waals surface area contributed by atoms with Crippen LogP contribution in [0.5, 0.6) is 0 Å². The molecule has 34 heavy (non-hydrogen) atoms. The van der Waals surface area contributed by atoms with Crippen LogP contribution in [0.25, 0.3) is 0 Å². The average molecular weight is 462 g/mol. The molecule has 0 unspecified atom stereocenters. The molecule has 2 heterocycles. The monoisotopic (exact) mass is 461 g/mol. The van der Waals surface area contributed by atoms with Crippen LogP contribution in [0.15, 0.2) is 66.7 Å². The molecule has 3 aromatic rings. The van der Waals surface area contributed by atoms with Crippen LogP contribution in [-0.2, 0) is 13.0 Å². The largest absolute Gasteiger partial charge is 0.367 e. The maximum atomic E-state index is 13.5. The Bertz CT molecular complexity index is 1220. The summed E-state index contributed by atoms with van der Waals surface area (Å²) in [5.41, 5.74) is 4.54. The maximum absolute atomic E-state index is 13.5. The van der Waals surface area contributed by atoms with Crippen molar-refractivity contribution < 1.29 is 18.4 Å². The van der Waals surface area contributed by atoms with Crippen molar-refractivity contribution in [2.45, 2.75) is 13.0 Å². The van der Waals surface area contributed by atoms with Crippen LogP contribution in [0, 0.1) is 11.6 Å². The van der Waals surface area contributed by atoms with Crippen LogP contribution in [0.1, 0.15) is 31.8 Å². The van der Waals surface area contributed by atoms with Crippen LogP contribution in [-0.4, -0.2) is 54.3 Å². The van der Waals surface area contributed by atoms with E-state index in [2.05, 4.69) is 29.2 Å². The second-order valence-corrected chi connectivity index (χ2v) is 8.70. The van der Waals surface area contributed by atoms with Crippen LogP contribution >= 0.6 is 0 Å². The first-order valence-corrected chi connectivity index (χ1v) is 11.4. The Morgan fingerprint density at radius 3 is 1.88 bits per heavy atom. The number of carbonyl (C=O) groups is 2. The van der Waals surface area contributed by atoms with Gasteiger partial charge in [-0.3, -0.25) is 9.59 Å². The van der Waals surface area contributed by atoms with Crippen molar-refractivity contribution in [1.82, 2.24) is 9.80 Å². The van der Waals surface area contributed by atoms with Crippen LogP contribution in [0.2, 0.25) is 0 Å². The van der Waals surface area contributed by atoms with Gasteiger partial charge in [0, 0.05) is 56.1 Å². The first-order valence-electron chi connectivity index (χ1n) is 11.4. The van der Waals surface area contributed by atoms with E-state index in [1.54, 1.807) is 9.80 Å². The third-order valence-electron chi connectivity index (χ3n) is 6.63. The minimum absolute atomic E-state index is 0.0736. The maximum Gasteiger partial charge on any atom is 0.254 e. The van der Waals surface area contributed by atoms with Crippen LogP contribution in [0.4, 0.5) is 14.5 Å². The Balaban J connectivity index is 1.19. The van der Waals surface area contributed by atoms with Crippen molar-refractivity contribution in [3.63, 3.8) is 0 Å². The van der Waals surface area contributed by atoms with Crippen molar-refractivity contribution in [2.24, 2.45) is 0 Å². The van der Waals surface area contributed by atoms with E-state index in [4.69, 9.17) is 0 Å². The fraction of sp³-hybridized carbons (Fsp3) is 0.259. The van der Waals surface area contributed by atoms with Gasteiger partial charge in [0.1, 0.15) is 0 Å². The van der Waals surface area contributed by atoms with Crippen molar-refractivity contribution >= 4 is 17.5 Å². The highest BCUT2D eigenvalue weighted by Gasteiger charge is 2.26. The Morgan fingerprint density at radius 2 is 1.24 bits per heavy atom. The lowest BCUT2D eigenvalue weighted by atomic mass is 9.99. The van der Waals surface area contributed by atoms with E-state index >= 15 is 0 Å². The highest BCUT2D eigenvalue weighted by molar-refractivity contribution is 5.96. The number of piperazine rings is 1. The summed E-state index contributed by atoms with van der Waals surface area (Å²) in [4.78, 5) is 31.2. The molecule has 3 aromatic carbocycles. The lowest BCUT2D eigenvalue weighted by Crippen LogP contribution is -2.50. The molecule has 0 aliphatic carbocycles. The molecular weight excluding hydrogens is 436 g/mol. The summed E-state index contributed by atoms with van der Waals surface area (Å²) in [6, 6.07) is 19.3. The Morgan fingerprint density at radius 1 is 0.647 bits per heavy atom. The molecule has 0 atom stereocenters. The molecule has 0 saturated carbocycles. The molecule has 5 rings (SSSR count). The standard InChI is InChI=1S/C27H25F2N3O2/c28-24-10-7-21(17-25(24)29)27(34)31-15-13-30(14-16-31)26(33)20-5-8-23(9-6-20)32-12-11-19-3-1-2-4-22(19)18-32/h1-10,17H,11-16,18H2. The van der Waals surface area contributed by atoms with E-state index in [0.29, 0.717) is 31.7 Å². The van der Waals surface area contributed by atoms with E-state index < -0.39 is 11.6 Å².